The summed E-state index contributed by atoms with van der Waals surface area (Å²) in [7, 11) is 0. The highest BCUT2D eigenvalue weighted by molar-refractivity contribution is 5.74. The zero-order valence-corrected chi connectivity index (χ0v) is 9.34. The van der Waals surface area contributed by atoms with Crippen molar-refractivity contribution in [3.8, 4) is 5.75 Å². The number of halogens is 2. The number of carbonyl (C=O) groups excluding carboxylic acids is 1. The summed E-state index contributed by atoms with van der Waals surface area (Å²) >= 11 is 0. The second kappa shape index (κ2) is 5.58. The number of nitrogens with one attached hydrogen (secondary N) is 1. The minimum Gasteiger partial charge on any atom is -0.503 e. The number of amides is 1. The number of benzene rings is 1. The van der Waals surface area contributed by atoms with Gasteiger partial charge in [0.1, 0.15) is 0 Å². The summed E-state index contributed by atoms with van der Waals surface area (Å²) in [4.78, 5) is 10.6. The third kappa shape index (κ3) is 3.99. The van der Waals surface area contributed by atoms with Crippen molar-refractivity contribution in [3.63, 3.8) is 0 Å². The maximum atomic E-state index is 13.0. The Bertz CT molecular complexity index is 401. The topological polar surface area (TPSA) is 75.4 Å². The number of hydrogen-bond donors (Lipinski definition) is 3. The fraction of sp³-hybridized carbons (Fsp3) is 0.364. The van der Waals surface area contributed by atoms with Gasteiger partial charge in [-0.3, -0.25) is 4.79 Å². The quantitative estimate of drug-likeness (QED) is 0.724. The Kier molecular flexibility index (Phi) is 4.39. The number of phenols is 1. The molecule has 0 saturated carbocycles. The van der Waals surface area contributed by atoms with Gasteiger partial charge in [0.05, 0.1) is 0 Å². The third-order valence-electron chi connectivity index (χ3n) is 2.24. The van der Waals surface area contributed by atoms with Gasteiger partial charge in [0.25, 0.3) is 0 Å². The molecule has 0 aliphatic heterocycles. The fourth-order valence-corrected chi connectivity index (χ4v) is 1.39. The monoisotopic (exact) mass is 244 g/mol. The van der Waals surface area contributed by atoms with Gasteiger partial charge in [-0.1, -0.05) is 0 Å². The van der Waals surface area contributed by atoms with E-state index in [2.05, 4.69) is 5.32 Å². The molecule has 0 saturated heterocycles. The maximum absolute atomic E-state index is 13.0. The molecular weight excluding hydrogens is 230 g/mol. The first-order valence-corrected chi connectivity index (χ1v) is 5.08. The number of primary amides is 1. The van der Waals surface area contributed by atoms with Crippen molar-refractivity contribution in [1.82, 2.24) is 5.32 Å². The van der Waals surface area contributed by atoms with Gasteiger partial charge < -0.3 is 16.2 Å². The zero-order chi connectivity index (χ0) is 13.0. The summed E-state index contributed by atoms with van der Waals surface area (Å²) in [6.45, 7) is 1.92. The molecule has 0 aliphatic rings. The molecule has 6 heteroatoms. The van der Waals surface area contributed by atoms with Crippen LogP contribution in [0.25, 0.3) is 0 Å². The lowest BCUT2D eigenvalue weighted by atomic mass is 10.1. The summed E-state index contributed by atoms with van der Waals surface area (Å²) in [5.41, 5.74) is 5.34. The van der Waals surface area contributed by atoms with Crippen molar-refractivity contribution in [3.05, 3.63) is 29.3 Å². The molecule has 4 nitrogen and oxygen atoms in total. The molecule has 0 aliphatic carbocycles. The lowest BCUT2D eigenvalue weighted by Gasteiger charge is -2.12. The van der Waals surface area contributed by atoms with Gasteiger partial charge in [-0.15, -0.1) is 0 Å². The Morgan fingerprint density at radius 1 is 1.47 bits per heavy atom. The lowest BCUT2D eigenvalue weighted by Crippen LogP contribution is -2.30. The number of hydrogen-bond acceptors (Lipinski definition) is 3. The molecule has 0 heterocycles. The van der Waals surface area contributed by atoms with Crippen LogP contribution in [0.1, 0.15) is 18.9 Å². The summed E-state index contributed by atoms with van der Waals surface area (Å²) in [6.07, 6.45) is 0.142. The van der Waals surface area contributed by atoms with Crippen LogP contribution in [0.5, 0.6) is 5.75 Å². The SMILES string of the molecule is CC(CC(N)=O)NCc1cc(F)c(O)c(F)c1. The van der Waals surface area contributed by atoms with Crippen LogP contribution >= 0.6 is 0 Å². The number of rotatable bonds is 5. The molecule has 94 valence electrons. The minimum absolute atomic E-state index is 0.142. The predicted octanol–water partition coefficient (Wildman–Crippen LogP) is 1.02. The van der Waals surface area contributed by atoms with Crippen LogP contribution in [-0.2, 0) is 11.3 Å². The molecule has 0 aromatic heterocycles. The van der Waals surface area contributed by atoms with E-state index >= 15 is 0 Å². The van der Waals surface area contributed by atoms with Crippen LogP contribution in [-0.4, -0.2) is 17.1 Å². The van der Waals surface area contributed by atoms with Gasteiger partial charge in [-0.05, 0) is 24.6 Å². The van der Waals surface area contributed by atoms with Crippen LogP contribution in [0.2, 0.25) is 0 Å². The Morgan fingerprint density at radius 3 is 2.47 bits per heavy atom. The first-order valence-electron chi connectivity index (χ1n) is 5.08. The normalized spacial score (nSPS) is 12.4. The van der Waals surface area contributed by atoms with E-state index in [-0.39, 0.29) is 19.0 Å². The molecule has 17 heavy (non-hydrogen) atoms. The molecule has 0 spiro atoms. The Hall–Kier alpha value is -1.69. The summed E-state index contributed by atoms with van der Waals surface area (Å²) in [6, 6.07) is 1.87. The average molecular weight is 244 g/mol. The van der Waals surface area contributed by atoms with E-state index in [1.165, 1.54) is 0 Å². The van der Waals surface area contributed by atoms with Gasteiger partial charge in [0, 0.05) is 19.0 Å². The first kappa shape index (κ1) is 13.4. The van der Waals surface area contributed by atoms with E-state index in [1.807, 2.05) is 0 Å². The smallest absolute Gasteiger partial charge is 0.218 e. The molecule has 1 amide bonds. The highest BCUT2D eigenvalue weighted by Gasteiger charge is 2.10. The molecule has 1 unspecified atom stereocenters. The number of carbonyl (C=O) groups is 1. The van der Waals surface area contributed by atoms with Crippen LogP contribution < -0.4 is 11.1 Å². The molecule has 1 rings (SSSR count). The highest BCUT2D eigenvalue weighted by Crippen LogP contribution is 2.21. The van der Waals surface area contributed by atoms with Crippen LogP contribution in [0, 0.1) is 11.6 Å². The van der Waals surface area contributed by atoms with E-state index in [0.717, 1.165) is 12.1 Å². The van der Waals surface area contributed by atoms with Gasteiger partial charge in [0.2, 0.25) is 5.91 Å². The van der Waals surface area contributed by atoms with Crippen molar-refractivity contribution in [1.29, 1.82) is 0 Å². The lowest BCUT2D eigenvalue weighted by molar-refractivity contribution is -0.118. The van der Waals surface area contributed by atoms with Crippen LogP contribution in [0.4, 0.5) is 8.78 Å². The van der Waals surface area contributed by atoms with E-state index < -0.39 is 23.3 Å². The molecular formula is C11H14F2N2O2. The van der Waals surface area contributed by atoms with Gasteiger partial charge in [-0.25, -0.2) is 8.78 Å². The average Bonchev–Trinajstić information content (AvgIpc) is 2.22. The van der Waals surface area contributed by atoms with Gasteiger partial charge >= 0.3 is 0 Å². The second-order valence-electron chi connectivity index (χ2n) is 3.86. The van der Waals surface area contributed by atoms with E-state index in [1.54, 1.807) is 6.92 Å². The first-order chi connectivity index (χ1) is 7.90. The molecule has 0 radical (unpaired) electrons. The number of nitrogens with two attached hydrogens (primary N) is 1. The third-order valence-corrected chi connectivity index (χ3v) is 2.24. The van der Waals surface area contributed by atoms with Crippen molar-refractivity contribution in [2.75, 3.05) is 0 Å². The highest BCUT2D eigenvalue weighted by atomic mass is 19.1. The largest absolute Gasteiger partial charge is 0.503 e. The van der Waals surface area contributed by atoms with E-state index in [9.17, 15) is 13.6 Å². The number of phenolic OH excluding ortho intramolecular Hbond substituents is 1. The standard InChI is InChI=1S/C11H14F2N2O2/c1-6(2-10(14)16)15-5-7-3-8(12)11(17)9(13)4-7/h3-4,6,15,17H,2,5H2,1H3,(H2,14,16). The van der Waals surface area contributed by atoms with E-state index in [0.29, 0.717) is 5.56 Å². The fourth-order valence-electron chi connectivity index (χ4n) is 1.39. The Balaban J connectivity index is 2.61. The molecule has 4 N–H and O–H groups in total. The molecule has 1 atom stereocenters. The van der Waals surface area contributed by atoms with Crippen LogP contribution in [0.15, 0.2) is 12.1 Å². The van der Waals surface area contributed by atoms with Crippen molar-refractivity contribution in [2.24, 2.45) is 5.73 Å². The molecule has 1 aromatic rings. The molecule has 0 fully saturated rings. The van der Waals surface area contributed by atoms with Crippen LogP contribution in [0.3, 0.4) is 0 Å². The minimum atomic E-state index is -1.01. The second-order valence-corrected chi connectivity index (χ2v) is 3.86. The summed E-state index contributed by atoms with van der Waals surface area (Å²) in [5.74, 6) is -3.46. The predicted molar refractivity (Wildman–Crippen MR) is 58.1 cm³/mol. The van der Waals surface area contributed by atoms with E-state index in [4.69, 9.17) is 10.8 Å². The summed E-state index contributed by atoms with van der Waals surface area (Å²) < 4.78 is 26.0. The number of aromatic hydroxyl groups is 1. The van der Waals surface area contributed by atoms with Gasteiger partial charge in [-0.2, -0.15) is 0 Å². The Morgan fingerprint density at radius 2 is 2.00 bits per heavy atom. The van der Waals surface area contributed by atoms with Crippen molar-refractivity contribution in [2.45, 2.75) is 25.9 Å². The molecule has 0 bridgehead atoms. The van der Waals surface area contributed by atoms with Gasteiger partial charge in [0.15, 0.2) is 17.4 Å². The van der Waals surface area contributed by atoms with Crippen molar-refractivity contribution >= 4 is 5.91 Å². The maximum Gasteiger partial charge on any atom is 0.218 e. The zero-order valence-electron chi connectivity index (χ0n) is 9.34. The Labute approximate surface area is 97.4 Å². The van der Waals surface area contributed by atoms with Crippen molar-refractivity contribution < 1.29 is 18.7 Å². The molecule has 1 aromatic carbocycles. The summed E-state index contributed by atoms with van der Waals surface area (Å²) in [5, 5.41) is 11.8.